The Balaban J connectivity index is 0.000000161. The molecule has 4 aliphatic rings. The van der Waals surface area contributed by atoms with E-state index in [1.54, 1.807) is 48.7 Å². The molecule has 12 nitrogen and oxygen atoms in total. The van der Waals surface area contributed by atoms with Crippen molar-refractivity contribution in [1.29, 1.82) is 5.26 Å². The number of phenols is 1. The molecule has 0 saturated heterocycles. The SMILES string of the molecule is N#Cc1ccccc1Oc1ccc2c(c1)[C@]1(COC(N)=N1)c1cc(-c3cccnc3)ccc1O2.NC1=N[C@]2(CO1)c1cc(O)ccc1Oc1ccc(Br)cc12. The first-order valence-electron chi connectivity index (χ1n) is 17.1. The van der Waals surface area contributed by atoms with Gasteiger partial charge >= 0.3 is 0 Å². The molecule has 0 aliphatic carbocycles. The van der Waals surface area contributed by atoms with Crippen LogP contribution in [0, 0.1) is 11.3 Å². The molecule has 0 saturated carbocycles. The monoisotopic (exact) mass is 792 g/mol. The molecule has 5 N–H and O–H groups in total. The lowest BCUT2D eigenvalue weighted by molar-refractivity contribution is 0.264. The van der Waals surface area contributed by atoms with E-state index < -0.39 is 11.1 Å². The van der Waals surface area contributed by atoms with Gasteiger partial charge in [0.15, 0.2) is 11.1 Å². The zero-order valence-electron chi connectivity index (χ0n) is 28.8. The fourth-order valence-electron chi connectivity index (χ4n) is 7.20. The van der Waals surface area contributed by atoms with Gasteiger partial charge in [0.1, 0.15) is 59.5 Å². The fraction of sp³-hybridized carbons (Fsp3) is 0.0952. The summed E-state index contributed by atoms with van der Waals surface area (Å²) >= 11 is 3.46. The third-order valence-corrected chi connectivity index (χ3v) is 10.2. The van der Waals surface area contributed by atoms with E-state index in [2.05, 4.69) is 32.0 Å². The quantitative estimate of drug-likeness (QED) is 0.159. The highest BCUT2D eigenvalue weighted by Crippen LogP contribution is 2.54. The van der Waals surface area contributed by atoms with Crippen LogP contribution in [0.4, 0.5) is 0 Å². The van der Waals surface area contributed by atoms with Crippen LogP contribution in [0.25, 0.3) is 11.1 Å². The second kappa shape index (κ2) is 13.1. The Morgan fingerprint density at radius 2 is 1.31 bits per heavy atom. The van der Waals surface area contributed by atoms with Crippen molar-refractivity contribution in [3.63, 3.8) is 0 Å². The van der Waals surface area contributed by atoms with E-state index in [-0.39, 0.29) is 31.0 Å². The van der Waals surface area contributed by atoms with E-state index in [9.17, 15) is 10.4 Å². The number of hydrogen-bond acceptors (Lipinski definition) is 12. The van der Waals surface area contributed by atoms with Gasteiger partial charge in [0.25, 0.3) is 12.0 Å². The van der Waals surface area contributed by atoms with Crippen LogP contribution >= 0.6 is 15.9 Å². The van der Waals surface area contributed by atoms with E-state index in [0.29, 0.717) is 40.1 Å². The fourth-order valence-corrected chi connectivity index (χ4v) is 7.56. The van der Waals surface area contributed by atoms with E-state index >= 15 is 0 Å². The Bertz CT molecular complexity index is 2580. The van der Waals surface area contributed by atoms with Crippen LogP contribution in [-0.2, 0) is 20.6 Å². The molecule has 270 valence electrons. The number of rotatable bonds is 3. The molecule has 10 rings (SSSR count). The molecule has 0 unspecified atom stereocenters. The van der Waals surface area contributed by atoms with Crippen molar-refractivity contribution in [1.82, 2.24) is 4.98 Å². The summed E-state index contributed by atoms with van der Waals surface area (Å²) in [5.74, 6) is 3.85. The number of nitrogens with zero attached hydrogens (tertiary/aromatic N) is 4. The third kappa shape index (κ3) is 5.80. The van der Waals surface area contributed by atoms with Crippen LogP contribution in [0.2, 0.25) is 0 Å². The number of hydrogen-bond donors (Lipinski definition) is 3. The van der Waals surface area contributed by atoms with Crippen LogP contribution in [0.1, 0.15) is 27.8 Å². The van der Waals surface area contributed by atoms with Gasteiger partial charge in [-0.05, 0) is 90.5 Å². The standard InChI is InChI=1S/C27H18N4O3.C15H11BrN2O3/c28-14-18-4-1-2-6-23(18)33-20-8-10-25-22(13-20)27(16-32-26(29)31-27)21-12-17(7-9-24(21)34-25)19-5-3-11-30-15-19;16-8-1-3-12-10(5-8)15(7-20-14(17)18-15)11-6-9(19)2-4-13(11)21-12/h1-13,15H,16H2,(H2,29,31);1-6,19H,7H2,(H2,17,18)/t27-;15-/m00/s1. The number of nitrogens with two attached hydrogens (primary N) is 2. The smallest absolute Gasteiger partial charge is 0.283 e. The van der Waals surface area contributed by atoms with Crippen LogP contribution in [0.3, 0.4) is 0 Å². The van der Waals surface area contributed by atoms with Gasteiger partial charge in [0.2, 0.25) is 0 Å². The minimum atomic E-state index is -0.890. The summed E-state index contributed by atoms with van der Waals surface area (Å²) in [7, 11) is 0. The summed E-state index contributed by atoms with van der Waals surface area (Å²) in [6.07, 6.45) is 3.55. The number of para-hydroxylation sites is 1. The summed E-state index contributed by atoms with van der Waals surface area (Å²) in [5, 5.41) is 19.2. The molecule has 4 aliphatic heterocycles. The molecule has 6 aromatic rings. The van der Waals surface area contributed by atoms with Gasteiger partial charge in [-0.15, -0.1) is 0 Å². The maximum Gasteiger partial charge on any atom is 0.283 e. The summed E-state index contributed by atoms with van der Waals surface area (Å²) in [5.41, 5.74) is 15.7. The van der Waals surface area contributed by atoms with Gasteiger partial charge in [-0.25, -0.2) is 9.98 Å². The average Bonchev–Trinajstić information content (AvgIpc) is 3.80. The molecule has 5 aromatic carbocycles. The number of nitriles is 1. The lowest BCUT2D eigenvalue weighted by Gasteiger charge is -2.34. The van der Waals surface area contributed by atoms with Crippen LogP contribution in [0.15, 0.2) is 136 Å². The number of aliphatic imine (C=N–C) groups is 2. The first kappa shape index (κ1) is 33.8. The zero-order chi connectivity index (χ0) is 37.7. The van der Waals surface area contributed by atoms with E-state index in [4.69, 9.17) is 40.1 Å². The van der Waals surface area contributed by atoms with Gasteiger partial charge in [0, 0.05) is 44.7 Å². The Labute approximate surface area is 323 Å². The van der Waals surface area contributed by atoms with Gasteiger partial charge < -0.3 is 40.3 Å². The number of benzene rings is 5. The number of aromatic nitrogens is 1. The minimum absolute atomic E-state index is 0.117. The molecule has 2 atom stereocenters. The number of phenolic OH excluding ortho intramolecular Hbond substituents is 1. The Hall–Kier alpha value is -7.04. The zero-order valence-corrected chi connectivity index (χ0v) is 30.4. The molecule has 5 heterocycles. The molecule has 2 spiro atoms. The van der Waals surface area contributed by atoms with Crippen molar-refractivity contribution in [2.75, 3.05) is 13.2 Å². The molecular formula is C42H29BrN6O6. The summed E-state index contributed by atoms with van der Waals surface area (Å²) in [6, 6.07) is 35.5. The second-order valence-corrected chi connectivity index (χ2v) is 14.0. The number of aromatic hydroxyl groups is 1. The van der Waals surface area contributed by atoms with E-state index in [0.717, 1.165) is 37.9 Å². The lowest BCUT2D eigenvalue weighted by atomic mass is 9.80. The van der Waals surface area contributed by atoms with Gasteiger partial charge in [-0.3, -0.25) is 4.98 Å². The second-order valence-electron chi connectivity index (χ2n) is 13.0. The summed E-state index contributed by atoms with van der Waals surface area (Å²) in [6.45, 7) is 0.513. The predicted molar refractivity (Wildman–Crippen MR) is 206 cm³/mol. The first-order valence-corrected chi connectivity index (χ1v) is 17.9. The van der Waals surface area contributed by atoms with E-state index in [1.807, 2.05) is 72.9 Å². The number of pyridine rings is 1. The van der Waals surface area contributed by atoms with Crippen molar-refractivity contribution in [2.45, 2.75) is 11.1 Å². The number of amidine groups is 2. The number of ether oxygens (including phenoxy) is 5. The van der Waals surface area contributed by atoms with Crippen molar-refractivity contribution in [3.8, 4) is 57.4 Å². The first-order chi connectivity index (χ1) is 26.7. The normalized spacial score (nSPS) is 19.3. The van der Waals surface area contributed by atoms with Crippen molar-refractivity contribution in [2.24, 2.45) is 21.5 Å². The maximum atomic E-state index is 9.82. The van der Waals surface area contributed by atoms with Crippen LogP contribution < -0.4 is 25.7 Å². The minimum Gasteiger partial charge on any atom is -0.508 e. The topological polar surface area (TPSA) is 180 Å². The molecule has 1 aromatic heterocycles. The Kier molecular flexibility index (Phi) is 8.06. The Morgan fingerprint density at radius 3 is 1.96 bits per heavy atom. The molecule has 0 fully saturated rings. The van der Waals surface area contributed by atoms with Crippen LogP contribution in [0.5, 0.6) is 40.2 Å². The van der Waals surface area contributed by atoms with Gasteiger partial charge in [0.05, 0.1) is 5.56 Å². The highest BCUT2D eigenvalue weighted by molar-refractivity contribution is 9.10. The van der Waals surface area contributed by atoms with Gasteiger partial charge in [-0.2, -0.15) is 5.26 Å². The van der Waals surface area contributed by atoms with Gasteiger partial charge in [-0.1, -0.05) is 40.2 Å². The van der Waals surface area contributed by atoms with Crippen molar-refractivity contribution >= 4 is 28.0 Å². The molecular weight excluding hydrogens is 764 g/mol. The highest BCUT2D eigenvalue weighted by Gasteiger charge is 2.48. The van der Waals surface area contributed by atoms with Crippen LogP contribution in [-0.4, -0.2) is 35.3 Å². The number of fused-ring (bicyclic) bond motifs is 8. The predicted octanol–water partition coefficient (Wildman–Crippen LogP) is 7.96. The van der Waals surface area contributed by atoms with Crippen molar-refractivity contribution in [3.05, 3.63) is 154 Å². The summed E-state index contributed by atoms with van der Waals surface area (Å²) in [4.78, 5) is 13.5. The molecule has 55 heavy (non-hydrogen) atoms. The molecule has 0 amide bonds. The molecule has 13 heteroatoms. The van der Waals surface area contributed by atoms with E-state index in [1.165, 1.54) is 0 Å². The molecule has 0 bridgehead atoms. The van der Waals surface area contributed by atoms with Crippen molar-refractivity contribution < 1.29 is 28.8 Å². The molecule has 0 radical (unpaired) electrons. The lowest BCUT2D eigenvalue weighted by Crippen LogP contribution is -2.31. The average molecular weight is 794 g/mol. The number of halogens is 1. The Morgan fingerprint density at radius 1 is 0.691 bits per heavy atom. The third-order valence-electron chi connectivity index (χ3n) is 9.75. The maximum absolute atomic E-state index is 9.82. The largest absolute Gasteiger partial charge is 0.508 e. The highest BCUT2D eigenvalue weighted by atomic mass is 79.9. The summed E-state index contributed by atoms with van der Waals surface area (Å²) < 4.78 is 30.2.